The number of benzene rings is 1. The van der Waals surface area contributed by atoms with E-state index in [0.29, 0.717) is 12.0 Å². The van der Waals surface area contributed by atoms with Gasteiger partial charge in [-0.25, -0.2) is 0 Å². The number of nitro benzene ring substituents is 1. The highest BCUT2D eigenvalue weighted by molar-refractivity contribution is 5.87. The summed E-state index contributed by atoms with van der Waals surface area (Å²) in [5, 5.41) is 20.0. The molecule has 1 aliphatic carbocycles. The molecule has 0 aliphatic heterocycles. The van der Waals surface area contributed by atoms with Gasteiger partial charge in [0.2, 0.25) is 0 Å². The molecule has 0 radical (unpaired) electrons. The smallest absolute Gasteiger partial charge is 0.314 e. The van der Waals surface area contributed by atoms with E-state index in [1.54, 1.807) is 6.07 Å². The Kier molecular flexibility index (Phi) is 2.24. The van der Waals surface area contributed by atoms with E-state index in [1.165, 1.54) is 18.2 Å². The van der Waals surface area contributed by atoms with Gasteiger partial charge in [-0.05, 0) is 17.4 Å². The van der Waals surface area contributed by atoms with Crippen LogP contribution in [0.4, 0.5) is 5.69 Å². The molecular formula is C12H13NO4. The van der Waals surface area contributed by atoms with Crippen LogP contribution in [0.3, 0.4) is 0 Å². The molecule has 2 rings (SSSR count). The Labute approximate surface area is 98.2 Å². The molecule has 17 heavy (non-hydrogen) atoms. The fourth-order valence-corrected chi connectivity index (χ4v) is 2.49. The Morgan fingerprint density at radius 1 is 1.47 bits per heavy atom. The molecule has 1 saturated carbocycles. The summed E-state index contributed by atoms with van der Waals surface area (Å²) >= 11 is 0. The molecule has 1 aromatic rings. The molecule has 0 amide bonds. The third-order valence-corrected chi connectivity index (χ3v) is 3.65. The molecule has 0 heterocycles. The number of hydrogen-bond acceptors (Lipinski definition) is 3. The van der Waals surface area contributed by atoms with Crippen molar-refractivity contribution < 1.29 is 14.8 Å². The van der Waals surface area contributed by atoms with Gasteiger partial charge in [0.15, 0.2) is 0 Å². The molecule has 1 atom stereocenters. The number of carboxylic acid groups (broad SMARTS) is 1. The lowest BCUT2D eigenvalue weighted by Crippen LogP contribution is -2.25. The lowest BCUT2D eigenvalue weighted by molar-refractivity contribution is -0.384. The standard InChI is InChI=1S/C12H13NO4/c1-11(2)7-12(11,10(14)15)8-4-3-5-9(6-8)13(16)17/h3-6H,7H2,1-2H3,(H,14,15). The molecule has 1 fully saturated rings. The van der Waals surface area contributed by atoms with Crippen LogP contribution in [0.5, 0.6) is 0 Å². The van der Waals surface area contributed by atoms with Crippen LogP contribution in [0.1, 0.15) is 25.8 Å². The monoisotopic (exact) mass is 235 g/mol. The number of nitro groups is 1. The lowest BCUT2D eigenvalue weighted by atomic mass is 9.88. The lowest BCUT2D eigenvalue weighted by Gasteiger charge is -2.15. The van der Waals surface area contributed by atoms with Crippen molar-refractivity contribution in [3.63, 3.8) is 0 Å². The highest BCUT2D eigenvalue weighted by Crippen LogP contribution is 2.64. The van der Waals surface area contributed by atoms with E-state index in [9.17, 15) is 20.0 Å². The maximum absolute atomic E-state index is 11.4. The van der Waals surface area contributed by atoms with Gasteiger partial charge in [0.25, 0.3) is 5.69 Å². The number of non-ortho nitro benzene ring substituents is 1. The highest BCUT2D eigenvalue weighted by atomic mass is 16.6. The molecule has 0 saturated heterocycles. The van der Waals surface area contributed by atoms with E-state index in [1.807, 2.05) is 13.8 Å². The largest absolute Gasteiger partial charge is 0.481 e. The first-order valence-corrected chi connectivity index (χ1v) is 5.29. The molecule has 1 aliphatic rings. The van der Waals surface area contributed by atoms with Gasteiger partial charge in [-0.3, -0.25) is 14.9 Å². The summed E-state index contributed by atoms with van der Waals surface area (Å²) in [5.74, 6) is -0.914. The zero-order valence-corrected chi connectivity index (χ0v) is 9.64. The van der Waals surface area contributed by atoms with Crippen LogP contribution < -0.4 is 0 Å². The van der Waals surface area contributed by atoms with Gasteiger partial charge in [0.05, 0.1) is 10.3 Å². The SMILES string of the molecule is CC1(C)CC1(C(=O)O)c1cccc([N+](=O)[O-])c1. The van der Waals surface area contributed by atoms with E-state index in [4.69, 9.17) is 0 Å². The predicted octanol–water partition coefficient (Wildman–Crippen LogP) is 2.35. The minimum absolute atomic E-state index is 0.0641. The average molecular weight is 235 g/mol. The Morgan fingerprint density at radius 3 is 2.47 bits per heavy atom. The summed E-state index contributed by atoms with van der Waals surface area (Å²) in [4.78, 5) is 21.6. The molecule has 90 valence electrons. The van der Waals surface area contributed by atoms with E-state index in [0.717, 1.165) is 0 Å². The Balaban J connectivity index is 2.51. The second kappa shape index (κ2) is 3.29. The summed E-state index contributed by atoms with van der Waals surface area (Å²) in [6, 6.07) is 5.92. The number of carbonyl (C=O) groups is 1. The minimum Gasteiger partial charge on any atom is -0.481 e. The first-order chi connectivity index (χ1) is 7.81. The summed E-state index contributed by atoms with van der Waals surface area (Å²) in [6.45, 7) is 3.72. The summed E-state index contributed by atoms with van der Waals surface area (Å²) in [6.07, 6.45) is 0.510. The minimum atomic E-state index is -0.973. The van der Waals surface area contributed by atoms with Crippen molar-refractivity contribution >= 4 is 11.7 Å². The zero-order valence-electron chi connectivity index (χ0n) is 9.64. The summed E-state index contributed by atoms with van der Waals surface area (Å²) < 4.78 is 0. The fraction of sp³-hybridized carbons (Fsp3) is 0.417. The van der Waals surface area contributed by atoms with Gasteiger partial charge in [-0.2, -0.15) is 0 Å². The third kappa shape index (κ3) is 1.50. The Bertz CT molecular complexity index is 509. The van der Waals surface area contributed by atoms with Crippen molar-refractivity contribution in [3.05, 3.63) is 39.9 Å². The number of carboxylic acids is 1. The number of rotatable bonds is 3. The van der Waals surface area contributed by atoms with E-state index >= 15 is 0 Å². The molecule has 1 aromatic carbocycles. The Hall–Kier alpha value is -1.91. The molecule has 0 spiro atoms. The molecule has 0 aromatic heterocycles. The van der Waals surface area contributed by atoms with Crippen molar-refractivity contribution in [1.29, 1.82) is 0 Å². The first kappa shape index (κ1) is 11.6. The van der Waals surface area contributed by atoms with Crippen LogP contribution >= 0.6 is 0 Å². The van der Waals surface area contributed by atoms with Crippen LogP contribution in [0, 0.1) is 15.5 Å². The number of hydrogen-bond donors (Lipinski definition) is 1. The second-order valence-electron chi connectivity index (χ2n) is 5.08. The van der Waals surface area contributed by atoms with Gasteiger partial charge in [-0.15, -0.1) is 0 Å². The maximum Gasteiger partial charge on any atom is 0.314 e. The van der Waals surface area contributed by atoms with Crippen molar-refractivity contribution in [2.45, 2.75) is 25.7 Å². The summed E-state index contributed by atoms with van der Waals surface area (Å²) in [7, 11) is 0. The maximum atomic E-state index is 11.4. The van der Waals surface area contributed by atoms with Crippen LogP contribution in [0.2, 0.25) is 0 Å². The molecule has 1 unspecified atom stereocenters. The second-order valence-corrected chi connectivity index (χ2v) is 5.08. The average Bonchev–Trinajstić information content (AvgIpc) is 2.83. The third-order valence-electron chi connectivity index (χ3n) is 3.65. The van der Waals surface area contributed by atoms with Crippen molar-refractivity contribution in [3.8, 4) is 0 Å². The van der Waals surface area contributed by atoms with Crippen LogP contribution in [0.25, 0.3) is 0 Å². The van der Waals surface area contributed by atoms with Crippen LogP contribution in [-0.4, -0.2) is 16.0 Å². The topological polar surface area (TPSA) is 80.4 Å². The van der Waals surface area contributed by atoms with Gasteiger partial charge >= 0.3 is 5.97 Å². The van der Waals surface area contributed by atoms with Crippen LogP contribution in [0.15, 0.2) is 24.3 Å². The van der Waals surface area contributed by atoms with Crippen LogP contribution in [-0.2, 0) is 10.2 Å². The van der Waals surface area contributed by atoms with Gasteiger partial charge in [-0.1, -0.05) is 26.0 Å². The normalized spacial score (nSPS) is 25.3. The number of nitrogens with zero attached hydrogens (tertiary/aromatic N) is 1. The molecule has 5 nitrogen and oxygen atoms in total. The van der Waals surface area contributed by atoms with E-state index < -0.39 is 16.3 Å². The quantitative estimate of drug-likeness (QED) is 0.644. The molecule has 1 N–H and O–H groups in total. The molecule has 0 bridgehead atoms. The molecular weight excluding hydrogens is 222 g/mol. The molecule has 5 heteroatoms. The van der Waals surface area contributed by atoms with Crippen molar-refractivity contribution in [2.75, 3.05) is 0 Å². The fourth-order valence-electron chi connectivity index (χ4n) is 2.49. The van der Waals surface area contributed by atoms with Crippen molar-refractivity contribution in [1.82, 2.24) is 0 Å². The number of aliphatic carboxylic acids is 1. The highest BCUT2D eigenvalue weighted by Gasteiger charge is 2.67. The first-order valence-electron chi connectivity index (χ1n) is 5.29. The zero-order chi connectivity index (χ0) is 12.8. The van der Waals surface area contributed by atoms with Crippen molar-refractivity contribution in [2.24, 2.45) is 5.41 Å². The van der Waals surface area contributed by atoms with Gasteiger partial charge in [0, 0.05) is 12.1 Å². The Morgan fingerprint density at radius 2 is 2.06 bits per heavy atom. The van der Waals surface area contributed by atoms with Gasteiger partial charge in [0.1, 0.15) is 0 Å². The summed E-state index contributed by atoms with van der Waals surface area (Å²) in [5.41, 5.74) is -0.873. The predicted molar refractivity (Wildman–Crippen MR) is 60.8 cm³/mol. The van der Waals surface area contributed by atoms with E-state index in [2.05, 4.69) is 0 Å². The van der Waals surface area contributed by atoms with E-state index in [-0.39, 0.29) is 11.1 Å². The van der Waals surface area contributed by atoms with Gasteiger partial charge < -0.3 is 5.11 Å².